The van der Waals surface area contributed by atoms with Crippen molar-refractivity contribution in [2.45, 2.75) is 6.42 Å². The van der Waals surface area contributed by atoms with Crippen LogP contribution in [0, 0.1) is 16.0 Å². The average molecular weight is 317 g/mol. The number of benzene rings is 1. The van der Waals surface area contributed by atoms with Gasteiger partial charge in [-0.25, -0.2) is 4.79 Å². The van der Waals surface area contributed by atoms with E-state index in [0.29, 0.717) is 12.5 Å². The lowest BCUT2D eigenvalue weighted by molar-refractivity contribution is -0.384. The number of non-ortho nitro benzene ring substituents is 1. The van der Waals surface area contributed by atoms with E-state index in [1.807, 2.05) is 11.8 Å². The van der Waals surface area contributed by atoms with Gasteiger partial charge in [0.1, 0.15) is 0 Å². The second-order valence-electron chi connectivity index (χ2n) is 4.52. The standard InChI is InChI=1S/C12H13ClN2O4S/c13-10-4-8(15(18)19)3-9(12(16)17)11(10)14-5-7-1-2-20-6-7/h3-4,7,14H,1-2,5-6H2,(H,16,17). The number of hydrogen-bond acceptors (Lipinski definition) is 5. The number of aromatic carboxylic acids is 1. The number of rotatable bonds is 5. The number of nitrogens with one attached hydrogen (secondary N) is 1. The molecule has 0 aromatic heterocycles. The number of nitro groups is 1. The molecule has 1 saturated heterocycles. The first kappa shape index (κ1) is 14.9. The number of nitro benzene ring substituents is 1. The molecule has 2 rings (SSSR count). The first-order valence-corrected chi connectivity index (χ1v) is 7.55. The third-order valence-electron chi connectivity index (χ3n) is 3.11. The minimum absolute atomic E-state index is 0.0576. The van der Waals surface area contributed by atoms with Crippen LogP contribution in [0.4, 0.5) is 11.4 Å². The van der Waals surface area contributed by atoms with Crippen LogP contribution < -0.4 is 5.32 Å². The topological polar surface area (TPSA) is 92.5 Å². The first-order chi connectivity index (χ1) is 9.49. The number of hydrogen-bond donors (Lipinski definition) is 2. The lowest BCUT2D eigenvalue weighted by Crippen LogP contribution is -2.16. The summed E-state index contributed by atoms with van der Waals surface area (Å²) in [4.78, 5) is 21.3. The van der Waals surface area contributed by atoms with Gasteiger partial charge < -0.3 is 10.4 Å². The van der Waals surface area contributed by atoms with Crippen molar-refractivity contribution in [3.8, 4) is 0 Å². The zero-order valence-electron chi connectivity index (χ0n) is 10.5. The number of halogens is 1. The molecule has 1 fully saturated rings. The summed E-state index contributed by atoms with van der Waals surface area (Å²) >= 11 is 7.83. The Morgan fingerprint density at radius 3 is 2.90 bits per heavy atom. The average Bonchev–Trinajstić information content (AvgIpc) is 2.89. The van der Waals surface area contributed by atoms with E-state index < -0.39 is 10.9 Å². The third-order valence-corrected chi connectivity index (χ3v) is 4.64. The Hall–Kier alpha value is -1.47. The molecule has 6 nitrogen and oxygen atoms in total. The highest BCUT2D eigenvalue weighted by molar-refractivity contribution is 7.99. The Labute approximate surface area is 124 Å². The molecule has 1 unspecified atom stereocenters. The van der Waals surface area contributed by atoms with Crippen LogP contribution in [-0.2, 0) is 0 Å². The van der Waals surface area contributed by atoms with Crippen LogP contribution in [0.25, 0.3) is 0 Å². The molecular weight excluding hydrogens is 304 g/mol. The predicted octanol–water partition coefficient (Wildman–Crippen LogP) is 3.11. The smallest absolute Gasteiger partial charge is 0.338 e. The van der Waals surface area contributed by atoms with Crippen molar-refractivity contribution in [1.29, 1.82) is 0 Å². The molecule has 1 atom stereocenters. The molecule has 1 aromatic rings. The van der Waals surface area contributed by atoms with E-state index in [-0.39, 0.29) is 22.0 Å². The molecule has 2 N–H and O–H groups in total. The fourth-order valence-electron chi connectivity index (χ4n) is 2.04. The molecule has 1 aromatic carbocycles. The number of thioether (sulfide) groups is 1. The van der Waals surface area contributed by atoms with Gasteiger partial charge in [-0.15, -0.1) is 0 Å². The van der Waals surface area contributed by atoms with Crippen LogP contribution in [-0.4, -0.2) is 34.0 Å². The molecular formula is C12H13ClN2O4S. The van der Waals surface area contributed by atoms with E-state index >= 15 is 0 Å². The van der Waals surface area contributed by atoms with E-state index in [1.54, 1.807) is 0 Å². The monoisotopic (exact) mass is 316 g/mol. The van der Waals surface area contributed by atoms with Gasteiger partial charge in [-0.2, -0.15) is 11.8 Å². The zero-order valence-corrected chi connectivity index (χ0v) is 12.0. The van der Waals surface area contributed by atoms with E-state index in [9.17, 15) is 14.9 Å². The van der Waals surface area contributed by atoms with Crippen molar-refractivity contribution in [3.05, 3.63) is 32.8 Å². The minimum atomic E-state index is -1.24. The zero-order chi connectivity index (χ0) is 14.7. The summed E-state index contributed by atoms with van der Waals surface area (Å²) < 4.78 is 0. The summed E-state index contributed by atoms with van der Waals surface area (Å²) in [6, 6.07) is 2.19. The Balaban J connectivity index is 2.25. The van der Waals surface area contributed by atoms with Crippen LogP contribution in [0.1, 0.15) is 16.8 Å². The van der Waals surface area contributed by atoms with Crippen molar-refractivity contribution in [2.75, 3.05) is 23.4 Å². The maximum Gasteiger partial charge on any atom is 0.338 e. The maximum absolute atomic E-state index is 11.2. The number of carbonyl (C=O) groups is 1. The Kier molecular flexibility index (Phi) is 4.72. The molecule has 1 heterocycles. The van der Waals surface area contributed by atoms with Gasteiger partial charge in [0.05, 0.1) is 21.2 Å². The number of carboxylic acid groups (broad SMARTS) is 1. The highest BCUT2D eigenvalue weighted by atomic mass is 35.5. The van der Waals surface area contributed by atoms with Gasteiger partial charge in [-0.05, 0) is 23.8 Å². The quantitative estimate of drug-likeness (QED) is 0.640. The van der Waals surface area contributed by atoms with Crippen LogP contribution in [0.3, 0.4) is 0 Å². The maximum atomic E-state index is 11.2. The van der Waals surface area contributed by atoms with Crippen molar-refractivity contribution in [2.24, 2.45) is 5.92 Å². The van der Waals surface area contributed by atoms with Gasteiger partial charge in [0, 0.05) is 18.7 Å². The van der Waals surface area contributed by atoms with Crippen LogP contribution >= 0.6 is 23.4 Å². The molecule has 1 aliphatic heterocycles. The van der Waals surface area contributed by atoms with Gasteiger partial charge in [0.2, 0.25) is 0 Å². The summed E-state index contributed by atoms with van der Waals surface area (Å²) in [5.41, 5.74) is -0.245. The summed E-state index contributed by atoms with van der Waals surface area (Å²) in [7, 11) is 0. The Bertz CT molecular complexity index is 547. The normalized spacial score (nSPS) is 17.9. The van der Waals surface area contributed by atoms with Crippen molar-refractivity contribution in [3.63, 3.8) is 0 Å². The second kappa shape index (κ2) is 6.32. The van der Waals surface area contributed by atoms with Gasteiger partial charge in [-0.3, -0.25) is 10.1 Å². The summed E-state index contributed by atoms with van der Waals surface area (Å²) in [6.07, 6.45) is 1.07. The van der Waals surface area contributed by atoms with Gasteiger partial charge >= 0.3 is 5.97 Å². The molecule has 0 saturated carbocycles. The summed E-state index contributed by atoms with van der Waals surface area (Å²) in [5, 5.41) is 23.0. The molecule has 0 radical (unpaired) electrons. The van der Waals surface area contributed by atoms with E-state index in [4.69, 9.17) is 16.7 Å². The fraction of sp³-hybridized carbons (Fsp3) is 0.417. The van der Waals surface area contributed by atoms with Crippen LogP contribution in [0.2, 0.25) is 5.02 Å². The molecule has 108 valence electrons. The number of anilines is 1. The first-order valence-electron chi connectivity index (χ1n) is 6.02. The molecule has 1 aliphatic rings. The lowest BCUT2D eigenvalue weighted by atomic mass is 10.1. The lowest BCUT2D eigenvalue weighted by Gasteiger charge is -2.14. The fourth-order valence-corrected chi connectivity index (χ4v) is 3.60. The molecule has 0 bridgehead atoms. The summed E-state index contributed by atoms with van der Waals surface area (Å²) in [5.74, 6) is 1.36. The molecule has 20 heavy (non-hydrogen) atoms. The molecule has 8 heteroatoms. The van der Waals surface area contributed by atoms with E-state index in [0.717, 1.165) is 24.0 Å². The van der Waals surface area contributed by atoms with Crippen molar-refractivity contribution in [1.82, 2.24) is 0 Å². The van der Waals surface area contributed by atoms with Crippen LogP contribution in [0.15, 0.2) is 12.1 Å². The third kappa shape index (κ3) is 3.34. The Morgan fingerprint density at radius 1 is 1.60 bits per heavy atom. The number of carboxylic acids is 1. The SMILES string of the molecule is O=C(O)c1cc([N+](=O)[O-])cc(Cl)c1NCC1CCSC1. The second-order valence-corrected chi connectivity index (χ2v) is 6.08. The van der Waals surface area contributed by atoms with Crippen molar-refractivity contribution < 1.29 is 14.8 Å². The molecule has 0 amide bonds. The van der Waals surface area contributed by atoms with E-state index in [2.05, 4.69) is 5.32 Å². The largest absolute Gasteiger partial charge is 0.478 e. The van der Waals surface area contributed by atoms with Gasteiger partial charge in [-0.1, -0.05) is 11.6 Å². The molecule has 0 spiro atoms. The summed E-state index contributed by atoms with van der Waals surface area (Å²) in [6.45, 7) is 0.616. The van der Waals surface area contributed by atoms with Gasteiger partial charge in [0.15, 0.2) is 0 Å². The predicted molar refractivity (Wildman–Crippen MR) is 79.0 cm³/mol. The molecule has 0 aliphatic carbocycles. The highest BCUT2D eigenvalue weighted by Crippen LogP contribution is 2.32. The van der Waals surface area contributed by atoms with E-state index in [1.165, 1.54) is 6.07 Å². The Morgan fingerprint density at radius 2 is 2.35 bits per heavy atom. The minimum Gasteiger partial charge on any atom is -0.478 e. The van der Waals surface area contributed by atoms with Crippen LogP contribution in [0.5, 0.6) is 0 Å². The highest BCUT2D eigenvalue weighted by Gasteiger charge is 2.22. The van der Waals surface area contributed by atoms with Gasteiger partial charge in [0.25, 0.3) is 5.69 Å². The number of nitrogens with zero attached hydrogens (tertiary/aromatic N) is 1. The van der Waals surface area contributed by atoms with Crippen molar-refractivity contribution >= 4 is 40.7 Å².